The molecule has 1 heterocycles. The summed E-state index contributed by atoms with van der Waals surface area (Å²) in [5.41, 5.74) is 1.40. The summed E-state index contributed by atoms with van der Waals surface area (Å²) in [4.78, 5) is 27.3. The quantitative estimate of drug-likeness (QED) is 0.466. The van der Waals surface area contributed by atoms with Gasteiger partial charge < -0.3 is 15.0 Å². The van der Waals surface area contributed by atoms with Crippen LogP contribution in [0.3, 0.4) is 0 Å². The standard InChI is InChI=1S/C23H25ClN4O3S/c1-4-15(2)28(22(30)17-6-5-7-19(14-17)31-3)13-12-20(29)25-23-27-26-21(32-23)16-8-10-18(24)11-9-16/h5-11,14-15H,4,12-13H2,1-3H3,(H,25,27,29). The van der Waals surface area contributed by atoms with Gasteiger partial charge >= 0.3 is 0 Å². The summed E-state index contributed by atoms with van der Waals surface area (Å²) in [5, 5.41) is 12.7. The van der Waals surface area contributed by atoms with Gasteiger partial charge in [0.1, 0.15) is 10.8 Å². The van der Waals surface area contributed by atoms with Crippen LogP contribution in [0.25, 0.3) is 10.6 Å². The van der Waals surface area contributed by atoms with E-state index in [4.69, 9.17) is 16.3 Å². The lowest BCUT2D eigenvalue weighted by molar-refractivity contribution is -0.116. The molecule has 0 saturated carbocycles. The Kier molecular flexibility index (Phi) is 8.19. The molecule has 1 atom stereocenters. The maximum atomic E-state index is 13.1. The number of ether oxygens (including phenoxy) is 1. The van der Waals surface area contributed by atoms with Crippen LogP contribution >= 0.6 is 22.9 Å². The largest absolute Gasteiger partial charge is 0.497 e. The Balaban J connectivity index is 1.63. The van der Waals surface area contributed by atoms with Crippen LogP contribution in [0.5, 0.6) is 5.75 Å². The number of anilines is 1. The molecule has 9 heteroatoms. The molecular formula is C23H25ClN4O3S. The van der Waals surface area contributed by atoms with Crippen LogP contribution in [0.15, 0.2) is 48.5 Å². The van der Waals surface area contributed by atoms with Gasteiger partial charge in [-0.15, -0.1) is 10.2 Å². The van der Waals surface area contributed by atoms with Crippen LogP contribution in [0.1, 0.15) is 37.0 Å². The lowest BCUT2D eigenvalue weighted by atomic mass is 10.1. The highest BCUT2D eigenvalue weighted by atomic mass is 35.5. The summed E-state index contributed by atoms with van der Waals surface area (Å²) >= 11 is 7.20. The topological polar surface area (TPSA) is 84.4 Å². The van der Waals surface area contributed by atoms with Gasteiger partial charge in [0.05, 0.1) is 7.11 Å². The number of hydrogen-bond acceptors (Lipinski definition) is 6. The molecule has 2 aromatic carbocycles. The first-order valence-electron chi connectivity index (χ1n) is 10.3. The number of carbonyl (C=O) groups excluding carboxylic acids is 2. The number of benzene rings is 2. The third kappa shape index (κ3) is 6.05. The molecule has 0 bridgehead atoms. The van der Waals surface area contributed by atoms with E-state index in [1.54, 1.807) is 48.4 Å². The van der Waals surface area contributed by atoms with Gasteiger partial charge in [0.15, 0.2) is 0 Å². The Hall–Kier alpha value is -2.97. The van der Waals surface area contributed by atoms with Crippen LogP contribution in [0.2, 0.25) is 5.02 Å². The number of halogens is 1. The highest BCUT2D eigenvalue weighted by Crippen LogP contribution is 2.27. The average Bonchev–Trinajstić information content (AvgIpc) is 3.27. The smallest absolute Gasteiger partial charge is 0.254 e. The molecule has 3 aromatic rings. The van der Waals surface area contributed by atoms with Crippen molar-refractivity contribution in [2.75, 3.05) is 19.0 Å². The van der Waals surface area contributed by atoms with Crippen molar-refractivity contribution in [2.24, 2.45) is 0 Å². The predicted octanol–water partition coefficient (Wildman–Crippen LogP) is 5.14. The van der Waals surface area contributed by atoms with Crippen molar-refractivity contribution in [2.45, 2.75) is 32.7 Å². The summed E-state index contributed by atoms with van der Waals surface area (Å²) in [6.07, 6.45) is 0.925. The lowest BCUT2D eigenvalue weighted by Gasteiger charge is -2.28. The summed E-state index contributed by atoms with van der Waals surface area (Å²) in [5.74, 6) is 0.257. The summed E-state index contributed by atoms with van der Waals surface area (Å²) < 4.78 is 5.22. The van der Waals surface area contributed by atoms with Gasteiger partial charge in [-0.2, -0.15) is 0 Å². The first kappa shape index (κ1) is 23.7. The van der Waals surface area contributed by atoms with Crippen LogP contribution < -0.4 is 10.1 Å². The minimum Gasteiger partial charge on any atom is -0.497 e. The molecule has 0 aliphatic heterocycles. The lowest BCUT2D eigenvalue weighted by Crippen LogP contribution is -2.40. The van der Waals surface area contributed by atoms with Crippen molar-refractivity contribution in [3.8, 4) is 16.3 Å². The zero-order valence-electron chi connectivity index (χ0n) is 18.2. The molecule has 7 nitrogen and oxygen atoms in total. The molecule has 0 saturated heterocycles. The Bertz CT molecular complexity index is 1070. The normalized spacial score (nSPS) is 11.6. The first-order valence-corrected chi connectivity index (χ1v) is 11.4. The molecule has 1 N–H and O–H groups in total. The number of rotatable bonds is 9. The van der Waals surface area contributed by atoms with Crippen LogP contribution in [0, 0.1) is 0 Å². The number of hydrogen-bond donors (Lipinski definition) is 1. The molecule has 168 valence electrons. The van der Waals surface area contributed by atoms with Gasteiger partial charge in [0.2, 0.25) is 11.0 Å². The maximum Gasteiger partial charge on any atom is 0.254 e. The Labute approximate surface area is 196 Å². The predicted molar refractivity (Wildman–Crippen MR) is 127 cm³/mol. The number of methoxy groups -OCH3 is 1. The second kappa shape index (κ2) is 11.1. The zero-order chi connectivity index (χ0) is 23.1. The first-order chi connectivity index (χ1) is 15.4. The fraction of sp³-hybridized carbons (Fsp3) is 0.304. The van der Waals surface area contributed by atoms with E-state index in [1.165, 1.54) is 11.3 Å². The van der Waals surface area contributed by atoms with Crippen molar-refractivity contribution in [1.29, 1.82) is 0 Å². The minimum atomic E-state index is -0.226. The van der Waals surface area contributed by atoms with Gasteiger partial charge in [-0.05, 0) is 43.7 Å². The molecule has 3 rings (SSSR count). The van der Waals surface area contributed by atoms with Gasteiger partial charge in [0.25, 0.3) is 5.91 Å². The van der Waals surface area contributed by atoms with Crippen LogP contribution in [-0.2, 0) is 4.79 Å². The van der Waals surface area contributed by atoms with Crippen LogP contribution in [0.4, 0.5) is 5.13 Å². The Morgan fingerprint density at radius 3 is 2.62 bits per heavy atom. The minimum absolute atomic E-state index is 0.0143. The SMILES string of the molecule is CCC(C)N(CCC(=O)Nc1nnc(-c2ccc(Cl)cc2)s1)C(=O)c1cccc(OC)c1. The van der Waals surface area contributed by atoms with E-state index >= 15 is 0 Å². The molecule has 0 radical (unpaired) electrons. The number of nitrogens with one attached hydrogen (secondary N) is 1. The molecular weight excluding hydrogens is 448 g/mol. The van der Waals surface area contributed by atoms with Crippen molar-refractivity contribution >= 4 is 39.9 Å². The Morgan fingerprint density at radius 1 is 1.19 bits per heavy atom. The molecule has 0 aliphatic carbocycles. The summed E-state index contributed by atoms with van der Waals surface area (Å²) in [7, 11) is 1.56. The summed E-state index contributed by atoms with van der Waals surface area (Å²) in [6.45, 7) is 4.27. The van der Waals surface area contributed by atoms with Crippen molar-refractivity contribution in [3.05, 3.63) is 59.1 Å². The van der Waals surface area contributed by atoms with Crippen molar-refractivity contribution < 1.29 is 14.3 Å². The molecule has 1 aromatic heterocycles. The van der Waals surface area contributed by atoms with E-state index in [-0.39, 0.29) is 24.3 Å². The van der Waals surface area contributed by atoms with Gasteiger partial charge in [-0.3, -0.25) is 9.59 Å². The number of nitrogens with zero attached hydrogens (tertiary/aromatic N) is 3. The fourth-order valence-electron chi connectivity index (χ4n) is 3.05. The van der Waals surface area contributed by atoms with E-state index in [2.05, 4.69) is 15.5 Å². The molecule has 32 heavy (non-hydrogen) atoms. The summed E-state index contributed by atoms with van der Waals surface area (Å²) in [6, 6.07) is 14.3. The molecule has 0 aliphatic rings. The molecule has 0 spiro atoms. The van der Waals surface area contributed by atoms with E-state index in [0.29, 0.717) is 33.0 Å². The van der Waals surface area contributed by atoms with Gasteiger partial charge in [-0.25, -0.2) is 0 Å². The van der Waals surface area contributed by atoms with E-state index in [1.807, 2.05) is 26.0 Å². The third-order valence-corrected chi connectivity index (χ3v) is 6.18. The average molecular weight is 473 g/mol. The van der Waals surface area contributed by atoms with E-state index in [0.717, 1.165) is 12.0 Å². The van der Waals surface area contributed by atoms with Gasteiger partial charge in [-0.1, -0.05) is 48.1 Å². The highest BCUT2D eigenvalue weighted by molar-refractivity contribution is 7.18. The van der Waals surface area contributed by atoms with E-state index < -0.39 is 0 Å². The zero-order valence-corrected chi connectivity index (χ0v) is 19.7. The molecule has 0 fully saturated rings. The number of carbonyl (C=O) groups is 2. The molecule has 2 amide bonds. The van der Waals surface area contributed by atoms with Crippen molar-refractivity contribution in [3.63, 3.8) is 0 Å². The monoisotopic (exact) mass is 472 g/mol. The third-order valence-electron chi connectivity index (χ3n) is 5.04. The number of aromatic nitrogens is 2. The second-order valence-electron chi connectivity index (χ2n) is 7.21. The van der Waals surface area contributed by atoms with Gasteiger partial charge in [0, 0.05) is 35.2 Å². The Morgan fingerprint density at radius 2 is 1.94 bits per heavy atom. The fourth-order valence-corrected chi connectivity index (χ4v) is 3.94. The highest BCUT2D eigenvalue weighted by Gasteiger charge is 2.22. The van der Waals surface area contributed by atoms with Crippen LogP contribution in [-0.4, -0.2) is 46.6 Å². The second-order valence-corrected chi connectivity index (χ2v) is 8.62. The maximum absolute atomic E-state index is 13.1. The molecule has 1 unspecified atom stereocenters. The van der Waals surface area contributed by atoms with Crippen molar-refractivity contribution in [1.82, 2.24) is 15.1 Å². The van der Waals surface area contributed by atoms with E-state index in [9.17, 15) is 9.59 Å². The number of amides is 2.